The Morgan fingerprint density at radius 3 is 2.30 bits per heavy atom. The molecule has 1 aliphatic heterocycles. The van der Waals surface area contributed by atoms with Crippen LogP contribution in [0.5, 0.6) is 0 Å². The summed E-state index contributed by atoms with van der Waals surface area (Å²) < 4.78 is 0. The minimum absolute atomic E-state index is 0.0118. The van der Waals surface area contributed by atoms with Crippen LogP contribution in [0.1, 0.15) is 47.4 Å². The van der Waals surface area contributed by atoms with Crippen molar-refractivity contribution in [2.75, 3.05) is 36.4 Å². The fourth-order valence-corrected chi connectivity index (χ4v) is 3.49. The summed E-state index contributed by atoms with van der Waals surface area (Å²) in [5, 5.41) is 2.92. The molecule has 2 aromatic carbocycles. The van der Waals surface area contributed by atoms with Crippen molar-refractivity contribution in [2.24, 2.45) is 0 Å². The maximum Gasteiger partial charge on any atom is 0.256 e. The van der Waals surface area contributed by atoms with E-state index in [2.05, 4.69) is 10.2 Å². The van der Waals surface area contributed by atoms with E-state index in [-0.39, 0.29) is 11.8 Å². The number of nitrogens with zero attached hydrogens (tertiary/aromatic N) is 2. The first-order valence-electron chi connectivity index (χ1n) is 9.68. The number of amides is 2. The molecule has 1 heterocycles. The third kappa shape index (κ3) is 4.30. The lowest BCUT2D eigenvalue weighted by Crippen LogP contribution is -2.32. The van der Waals surface area contributed by atoms with E-state index in [1.807, 2.05) is 55.1 Å². The van der Waals surface area contributed by atoms with Gasteiger partial charge in [-0.25, -0.2) is 0 Å². The molecule has 1 saturated heterocycles. The largest absolute Gasteiger partial charge is 0.371 e. The Bertz CT molecular complexity index is 794. The van der Waals surface area contributed by atoms with Crippen LogP contribution in [-0.2, 0) is 0 Å². The van der Waals surface area contributed by atoms with Crippen molar-refractivity contribution in [2.45, 2.75) is 26.7 Å². The Morgan fingerprint density at radius 1 is 1.00 bits per heavy atom. The molecule has 5 nitrogen and oxygen atoms in total. The molecule has 0 radical (unpaired) electrons. The molecule has 0 aliphatic carbocycles. The quantitative estimate of drug-likeness (QED) is 0.841. The summed E-state index contributed by atoms with van der Waals surface area (Å²) in [6.07, 6.45) is 2.29. The molecule has 0 bridgehead atoms. The standard InChI is InChI=1S/C22H27N3O2/c1-3-24(4-2)22(27)19-16-18(12-13-20(19)25-14-8-9-15-25)23-21(26)17-10-6-5-7-11-17/h5-7,10-13,16H,3-4,8-9,14-15H2,1-2H3,(H,23,26). The van der Waals surface area contributed by atoms with Crippen molar-refractivity contribution >= 4 is 23.2 Å². The second-order valence-corrected chi connectivity index (χ2v) is 6.72. The normalized spacial score (nSPS) is 13.5. The number of carbonyl (C=O) groups excluding carboxylic acids is 2. The number of anilines is 2. The molecule has 1 N–H and O–H groups in total. The number of carbonyl (C=O) groups is 2. The van der Waals surface area contributed by atoms with Gasteiger partial charge in [0.15, 0.2) is 0 Å². The van der Waals surface area contributed by atoms with Crippen LogP contribution in [0.15, 0.2) is 48.5 Å². The summed E-state index contributed by atoms with van der Waals surface area (Å²) in [4.78, 5) is 29.6. The fourth-order valence-electron chi connectivity index (χ4n) is 3.49. The number of hydrogen-bond donors (Lipinski definition) is 1. The van der Waals surface area contributed by atoms with Crippen molar-refractivity contribution in [3.8, 4) is 0 Å². The highest BCUT2D eigenvalue weighted by Gasteiger charge is 2.23. The van der Waals surface area contributed by atoms with E-state index in [1.54, 1.807) is 12.1 Å². The van der Waals surface area contributed by atoms with Gasteiger partial charge < -0.3 is 15.1 Å². The summed E-state index contributed by atoms with van der Waals surface area (Å²) >= 11 is 0. The van der Waals surface area contributed by atoms with E-state index in [0.29, 0.717) is 29.9 Å². The average molecular weight is 365 g/mol. The first-order valence-corrected chi connectivity index (χ1v) is 9.68. The van der Waals surface area contributed by atoms with E-state index in [9.17, 15) is 9.59 Å². The Labute approximate surface area is 161 Å². The van der Waals surface area contributed by atoms with Crippen molar-refractivity contribution in [3.05, 3.63) is 59.7 Å². The van der Waals surface area contributed by atoms with E-state index < -0.39 is 0 Å². The lowest BCUT2D eigenvalue weighted by molar-refractivity contribution is 0.0773. The predicted octanol–water partition coefficient (Wildman–Crippen LogP) is 4.02. The van der Waals surface area contributed by atoms with Crippen LogP contribution in [-0.4, -0.2) is 42.9 Å². The first-order chi connectivity index (χ1) is 13.1. The molecule has 0 spiro atoms. The van der Waals surface area contributed by atoms with E-state index in [0.717, 1.165) is 31.6 Å². The zero-order valence-corrected chi connectivity index (χ0v) is 16.1. The van der Waals surface area contributed by atoms with E-state index in [1.165, 1.54) is 0 Å². The minimum atomic E-state index is -0.175. The molecule has 1 aliphatic rings. The van der Waals surface area contributed by atoms with Gasteiger partial charge in [-0.1, -0.05) is 18.2 Å². The van der Waals surface area contributed by atoms with Crippen LogP contribution in [0.3, 0.4) is 0 Å². The third-order valence-electron chi connectivity index (χ3n) is 5.02. The Morgan fingerprint density at radius 2 is 1.67 bits per heavy atom. The topological polar surface area (TPSA) is 52.7 Å². The van der Waals surface area contributed by atoms with Gasteiger partial charge in [0.1, 0.15) is 0 Å². The molecule has 3 rings (SSSR count). The highest BCUT2D eigenvalue weighted by molar-refractivity contribution is 6.06. The maximum absolute atomic E-state index is 13.1. The third-order valence-corrected chi connectivity index (χ3v) is 5.02. The summed E-state index contributed by atoms with van der Waals surface area (Å²) in [5.74, 6) is -0.163. The molecule has 27 heavy (non-hydrogen) atoms. The molecule has 142 valence electrons. The summed E-state index contributed by atoms with van der Waals surface area (Å²) in [7, 11) is 0. The lowest BCUT2D eigenvalue weighted by atomic mass is 10.1. The van der Waals surface area contributed by atoms with Crippen molar-refractivity contribution in [3.63, 3.8) is 0 Å². The molecule has 0 aromatic heterocycles. The number of nitrogens with one attached hydrogen (secondary N) is 1. The van der Waals surface area contributed by atoms with Crippen LogP contribution in [0.4, 0.5) is 11.4 Å². The van der Waals surface area contributed by atoms with Gasteiger partial charge in [-0.15, -0.1) is 0 Å². The highest BCUT2D eigenvalue weighted by atomic mass is 16.2. The van der Waals surface area contributed by atoms with Crippen LogP contribution >= 0.6 is 0 Å². The van der Waals surface area contributed by atoms with Crippen LogP contribution in [0.25, 0.3) is 0 Å². The molecule has 0 saturated carbocycles. The fraction of sp³-hybridized carbons (Fsp3) is 0.364. The van der Waals surface area contributed by atoms with E-state index in [4.69, 9.17) is 0 Å². The SMILES string of the molecule is CCN(CC)C(=O)c1cc(NC(=O)c2ccccc2)ccc1N1CCCC1. The molecular weight excluding hydrogens is 338 g/mol. The van der Waals surface area contributed by atoms with Gasteiger partial charge in [-0.05, 0) is 57.0 Å². The molecule has 0 unspecified atom stereocenters. The summed E-state index contributed by atoms with van der Waals surface area (Å²) in [6, 6.07) is 14.8. The van der Waals surface area contributed by atoms with Gasteiger partial charge in [0.05, 0.1) is 5.56 Å². The van der Waals surface area contributed by atoms with Crippen LogP contribution in [0.2, 0.25) is 0 Å². The van der Waals surface area contributed by atoms with Crippen molar-refractivity contribution in [1.29, 1.82) is 0 Å². The van der Waals surface area contributed by atoms with Gasteiger partial charge in [0.25, 0.3) is 11.8 Å². The van der Waals surface area contributed by atoms with Crippen LogP contribution in [0, 0.1) is 0 Å². The second kappa shape index (κ2) is 8.71. The van der Waals surface area contributed by atoms with Gasteiger partial charge in [-0.3, -0.25) is 9.59 Å². The maximum atomic E-state index is 13.1. The minimum Gasteiger partial charge on any atom is -0.371 e. The second-order valence-electron chi connectivity index (χ2n) is 6.72. The zero-order chi connectivity index (χ0) is 19.2. The number of rotatable bonds is 6. The molecule has 0 atom stereocenters. The summed E-state index contributed by atoms with van der Waals surface area (Å²) in [5.41, 5.74) is 2.86. The number of benzene rings is 2. The Hall–Kier alpha value is -2.82. The molecule has 1 fully saturated rings. The van der Waals surface area contributed by atoms with Crippen LogP contribution < -0.4 is 10.2 Å². The molecular formula is C22H27N3O2. The smallest absolute Gasteiger partial charge is 0.256 e. The first kappa shape index (κ1) is 19.0. The monoisotopic (exact) mass is 365 g/mol. The zero-order valence-electron chi connectivity index (χ0n) is 16.1. The van der Waals surface area contributed by atoms with Gasteiger partial charge in [-0.2, -0.15) is 0 Å². The molecule has 5 heteroatoms. The molecule has 2 aromatic rings. The van der Waals surface area contributed by atoms with Crippen molar-refractivity contribution < 1.29 is 9.59 Å². The van der Waals surface area contributed by atoms with Crippen molar-refractivity contribution in [1.82, 2.24) is 4.90 Å². The van der Waals surface area contributed by atoms with Gasteiger partial charge >= 0.3 is 0 Å². The Kier molecular flexibility index (Phi) is 6.12. The average Bonchev–Trinajstić information content (AvgIpc) is 3.24. The van der Waals surface area contributed by atoms with Gasteiger partial charge in [0, 0.05) is 43.1 Å². The number of hydrogen-bond acceptors (Lipinski definition) is 3. The lowest BCUT2D eigenvalue weighted by Gasteiger charge is -2.25. The highest BCUT2D eigenvalue weighted by Crippen LogP contribution is 2.29. The summed E-state index contributed by atoms with van der Waals surface area (Å²) in [6.45, 7) is 7.23. The van der Waals surface area contributed by atoms with Gasteiger partial charge in [0.2, 0.25) is 0 Å². The van der Waals surface area contributed by atoms with E-state index >= 15 is 0 Å². The molecule has 2 amide bonds. The predicted molar refractivity (Wildman–Crippen MR) is 110 cm³/mol. The Balaban J connectivity index is 1.91.